The van der Waals surface area contributed by atoms with Crippen LogP contribution in [0.3, 0.4) is 0 Å². The van der Waals surface area contributed by atoms with Crippen molar-refractivity contribution in [2.75, 3.05) is 4.72 Å². The van der Waals surface area contributed by atoms with E-state index >= 15 is 0 Å². The molecule has 2 aromatic rings. The van der Waals surface area contributed by atoms with E-state index in [9.17, 15) is 4.79 Å². The lowest BCUT2D eigenvalue weighted by Crippen LogP contribution is -1.88. The molecular weight excluding hydrogens is 228 g/mol. The molecule has 0 spiro atoms. The van der Waals surface area contributed by atoms with Crippen molar-refractivity contribution < 1.29 is 4.79 Å². The Balaban J connectivity index is 1.97. The van der Waals surface area contributed by atoms with E-state index in [1.54, 1.807) is 12.1 Å². The molecule has 0 bridgehead atoms. The molecule has 0 atom stereocenters. The van der Waals surface area contributed by atoms with Crippen LogP contribution >= 0.6 is 11.9 Å². The largest absolute Gasteiger partial charge is 0.291 e. The van der Waals surface area contributed by atoms with Gasteiger partial charge in [0.25, 0.3) is 5.95 Å². The molecule has 1 heterocycles. The minimum atomic E-state index is 0.403. The molecule has 0 radical (unpaired) electrons. The Labute approximate surface area is 94.5 Å². The molecule has 2 rings (SSSR count). The molecule has 0 saturated carbocycles. The first-order valence-electron chi connectivity index (χ1n) is 4.23. The van der Waals surface area contributed by atoms with Crippen LogP contribution in [0.15, 0.2) is 34.2 Å². The second-order valence-corrected chi connectivity index (χ2v) is 3.52. The fraction of sp³-hybridized carbons (Fsp3) is 0. The van der Waals surface area contributed by atoms with Gasteiger partial charge >= 0.3 is 0 Å². The van der Waals surface area contributed by atoms with Gasteiger partial charge in [-0.25, -0.2) is 4.79 Å². The maximum atomic E-state index is 10.0. The molecule has 2 N–H and O–H groups in total. The maximum Gasteiger partial charge on any atom is 0.273 e. The van der Waals surface area contributed by atoms with Crippen molar-refractivity contribution in [3.63, 3.8) is 0 Å². The number of aromatic amines is 1. The summed E-state index contributed by atoms with van der Waals surface area (Å²) in [7, 11) is 0. The van der Waals surface area contributed by atoms with Crippen molar-refractivity contribution in [1.29, 1.82) is 0 Å². The molecule has 7 nitrogen and oxygen atoms in total. The molecule has 0 aliphatic rings. The minimum absolute atomic E-state index is 0.403. The van der Waals surface area contributed by atoms with Crippen LogP contribution < -0.4 is 4.72 Å². The smallest absolute Gasteiger partial charge is 0.273 e. The van der Waals surface area contributed by atoms with E-state index in [-0.39, 0.29) is 0 Å². The lowest BCUT2D eigenvalue weighted by molar-refractivity contribution is 0.565. The topological polar surface area (TPSA) is 95.9 Å². The van der Waals surface area contributed by atoms with Gasteiger partial charge in [0.2, 0.25) is 6.08 Å². The molecule has 1 aromatic carbocycles. The quantitative estimate of drug-likeness (QED) is 0.470. The summed E-state index contributed by atoms with van der Waals surface area (Å²) in [5.74, 6) is 0.403. The van der Waals surface area contributed by atoms with E-state index in [1.165, 1.54) is 18.0 Å². The monoisotopic (exact) mass is 234 g/mol. The third-order valence-electron chi connectivity index (χ3n) is 1.62. The van der Waals surface area contributed by atoms with Crippen molar-refractivity contribution in [3.8, 4) is 0 Å². The van der Waals surface area contributed by atoms with Crippen LogP contribution in [0.2, 0.25) is 0 Å². The zero-order valence-corrected chi connectivity index (χ0v) is 8.73. The van der Waals surface area contributed by atoms with Crippen molar-refractivity contribution >= 4 is 29.7 Å². The highest BCUT2D eigenvalue weighted by Gasteiger charge is 1.98. The Bertz CT molecular complexity index is 490. The van der Waals surface area contributed by atoms with E-state index in [0.29, 0.717) is 11.6 Å². The highest BCUT2D eigenvalue weighted by molar-refractivity contribution is 8.00. The molecule has 0 amide bonds. The Morgan fingerprint density at radius 1 is 1.38 bits per heavy atom. The number of anilines is 1. The Hall–Kier alpha value is -2.18. The number of hydrogen-bond donors (Lipinski definition) is 2. The van der Waals surface area contributed by atoms with Gasteiger partial charge in [0, 0.05) is 4.90 Å². The SMILES string of the molecule is O=C=Nc1ccc(SNc2nn[nH]n2)cc1. The van der Waals surface area contributed by atoms with Gasteiger partial charge in [0.05, 0.1) is 5.69 Å². The predicted molar refractivity (Wildman–Crippen MR) is 57.9 cm³/mol. The molecule has 80 valence electrons. The molecule has 16 heavy (non-hydrogen) atoms. The number of carbonyl (C=O) groups excluding carboxylic acids is 1. The third-order valence-corrected chi connectivity index (χ3v) is 2.41. The first-order valence-corrected chi connectivity index (χ1v) is 5.04. The summed E-state index contributed by atoms with van der Waals surface area (Å²) < 4.78 is 2.89. The third kappa shape index (κ3) is 2.66. The second-order valence-electron chi connectivity index (χ2n) is 2.64. The Morgan fingerprint density at radius 3 is 2.81 bits per heavy atom. The van der Waals surface area contributed by atoms with Crippen molar-refractivity contribution in [3.05, 3.63) is 24.3 Å². The van der Waals surface area contributed by atoms with Gasteiger partial charge in [-0.3, -0.25) is 4.72 Å². The summed E-state index contributed by atoms with van der Waals surface area (Å²) in [5.41, 5.74) is 0.568. The summed E-state index contributed by atoms with van der Waals surface area (Å²) in [6.45, 7) is 0. The zero-order chi connectivity index (χ0) is 11.2. The zero-order valence-electron chi connectivity index (χ0n) is 7.91. The number of aromatic nitrogens is 4. The normalized spacial score (nSPS) is 9.50. The van der Waals surface area contributed by atoms with Gasteiger partial charge in [-0.05, 0) is 41.4 Å². The van der Waals surface area contributed by atoms with Crippen LogP contribution in [-0.4, -0.2) is 26.7 Å². The first kappa shape index (κ1) is 10.3. The Morgan fingerprint density at radius 2 is 2.19 bits per heavy atom. The van der Waals surface area contributed by atoms with Crippen LogP contribution in [0.25, 0.3) is 0 Å². The second kappa shape index (κ2) is 5.06. The molecule has 0 aliphatic carbocycles. The fourth-order valence-electron chi connectivity index (χ4n) is 0.951. The lowest BCUT2D eigenvalue weighted by atomic mass is 10.3. The number of isocyanates is 1. The number of nitrogens with zero attached hydrogens (tertiary/aromatic N) is 4. The predicted octanol–water partition coefficient (Wildman–Crippen LogP) is 1.29. The van der Waals surface area contributed by atoms with Crippen LogP contribution in [-0.2, 0) is 4.79 Å². The van der Waals surface area contributed by atoms with Gasteiger partial charge in [0.1, 0.15) is 0 Å². The number of hydrogen-bond acceptors (Lipinski definition) is 7. The van der Waals surface area contributed by atoms with Crippen LogP contribution in [0.1, 0.15) is 0 Å². The Kier molecular flexibility index (Phi) is 3.27. The summed E-state index contributed by atoms with van der Waals surface area (Å²) in [4.78, 5) is 14.4. The summed E-state index contributed by atoms with van der Waals surface area (Å²) in [6.07, 6.45) is 1.48. The first-order chi connectivity index (χ1) is 7.88. The number of H-pyrrole nitrogens is 1. The highest BCUT2D eigenvalue weighted by atomic mass is 32.2. The summed E-state index contributed by atoms with van der Waals surface area (Å²) in [5, 5.41) is 13.2. The lowest BCUT2D eigenvalue weighted by Gasteiger charge is -1.99. The van der Waals surface area contributed by atoms with Crippen molar-refractivity contribution in [2.24, 2.45) is 4.99 Å². The molecule has 0 fully saturated rings. The van der Waals surface area contributed by atoms with Gasteiger partial charge in [-0.1, -0.05) is 5.10 Å². The number of benzene rings is 1. The van der Waals surface area contributed by atoms with Crippen molar-refractivity contribution in [1.82, 2.24) is 20.6 Å². The molecule has 0 unspecified atom stereocenters. The van der Waals surface area contributed by atoms with E-state index in [1.807, 2.05) is 12.1 Å². The van der Waals surface area contributed by atoms with Gasteiger partial charge in [-0.15, -0.1) is 5.10 Å². The number of tetrazole rings is 1. The van der Waals surface area contributed by atoms with Gasteiger partial charge in [-0.2, -0.15) is 10.2 Å². The average Bonchev–Trinajstić information content (AvgIpc) is 2.82. The van der Waals surface area contributed by atoms with Crippen LogP contribution in [0.4, 0.5) is 11.6 Å². The molecule has 8 heteroatoms. The maximum absolute atomic E-state index is 10.0. The molecule has 0 aliphatic heterocycles. The van der Waals surface area contributed by atoms with Gasteiger partial charge < -0.3 is 0 Å². The number of aliphatic imine (C=N–C) groups is 1. The van der Waals surface area contributed by atoms with Crippen LogP contribution in [0.5, 0.6) is 0 Å². The molecule has 0 saturated heterocycles. The standard InChI is InChI=1S/C8H6N6OS/c15-5-9-6-1-3-7(4-2-6)16-12-8-10-13-14-11-8/h1-4H,(H2,10,11,12,13,14). The van der Waals surface area contributed by atoms with E-state index in [0.717, 1.165) is 4.90 Å². The summed E-state index contributed by atoms with van der Waals surface area (Å²) >= 11 is 1.33. The number of rotatable bonds is 4. The molecule has 1 aromatic heterocycles. The van der Waals surface area contributed by atoms with E-state index in [4.69, 9.17) is 0 Å². The van der Waals surface area contributed by atoms with Crippen LogP contribution in [0, 0.1) is 0 Å². The fourth-order valence-corrected chi connectivity index (χ4v) is 1.52. The average molecular weight is 234 g/mol. The van der Waals surface area contributed by atoms with E-state index < -0.39 is 0 Å². The number of nitrogens with one attached hydrogen (secondary N) is 2. The van der Waals surface area contributed by atoms with E-state index in [2.05, 4.69) is 30.3 Å². The highest BCUT2D eigenvalue weighted by Crippen LogP contribution is 2.21. The molecular formula is C8H6N6OS. The summed E-state index contributed by atoms with van der Waals surface area (Å²) in [6, 6.07) is 7.05. The van der Waals surface area contributed by atoms with Gasteiger partial charge in [0.15, 0.2) is 0 Å². The minimum Gasteiger partial charge on any atom is -0.291 e. The van der Waals surface area contributed by atoms with Crippen molar-refractivity contribution in [2.45, 2.75) is 4.90 Å².